The molecule has 8 heteroatoms. The molecule has 28 heavy (non-hydrogen) atoms. The van der Waals surface area contributed by atoms with Crippen molar-refractivity contribution in [3.63, 3.8) is 0 Å². The van der Waals surface area contributed by atoms with E-state index in [1.807, 2.05) is 0 Å². The molecule has 1 aliphatic rings. The maximum Gasteiger partial charge on any atom is 0.319 e. The van der Waals surface area contributed by atoms with Crippen molar-refractivity contribution in [2.45, 2.75) is 24.2 Å². The third kappa shape index (κ3) is 5.47. The van der Waals surface area contributed by atoms with E-state index in [0.717, 1.165) is 19.3 Å². The van der Waals surface area contributed by atoms with Gasteiger partial charge in [0, 0.05) is 30.3 Å². The molecule has 1 saturated heterocycles. The number of sulfonamides is 1. The van der Waals surface area contributed by atoms with Crippen LogP contribution in [0.15, 0.2) is 59.5 Å². The summed E-state index contributed by atoms with van der Waals surface area (Å²) in [6, 6.07) is 15.2. The molecule has 0 atom stereocenters. The minimum absolute atomic E-state index is 0.258. The minimum atomic E-state index is -3.41. The number of carbonyl (C=O) groups excluding carboxylic acids is 1. The molecule has 1 aliphatic heterocycles. The lowest BCUT2D eigenvalue weighted by Gasteiger charge is -2.31. The second-order valence-corrected chi connectivity index (χ2v) is 9.21. The summed E-state index contributed by atoms with van der Waals surface area (Å²) in [6.45, 7) is 1.58. The number of hydrogen-bond donors (Lipinski definition) is 2. The van der Waals surface area contributed by atoms with Crippen molar-refractivity contribution in [2.24, 2.45) is 5.92 Å². The maximum atomic E-state index is 12.6. The maximum absolute atomic E-state index is 12.6. The summed E-state index contributed by atoms with van der Waals surface area (Å²) in [7, 11) is -3.41. The molecule has 1 heterocycles. The summed E-state index contributed by atoms with van der Waals surface area (Å²) in [6.07, 6.45) is 2.42. The molecular weight excluding hydrogens is 398 g/mol. The summed E-state index contributed by atoms with van der Waals surface area (Å²) >= 11 is 5.82. The van der Waals surface area contributed by atoms with Gasteiger partial charge in [-0.3, -0.25) is 0 Å². The van der Waals surface area contributed by atoms with Crippen LogP contribution in [0.25, 0.3) is 0 Å². The lowest BCUT2D eigenvalue weighted by atomic mass is 9.95. The van der Waals surface area contributed by atoms with Gasteiger partial charge in [-0.05, 0) is 61.6 Å². The number of piperidine rings is 1. The van der Waals surface area contributed by atoms with Crippen LogP contribution >= 0.6 is 11.6 Å². The van der Waals surface area contributed by atoms with Crippen LogP contribution in [-0.2, 0) is 10.0 Å². The van der Waals surface area contributed by atoms with Crippen LogP contribution in [0.4, 0.5) is 10.5 Å². The van der Waals surface area contributed by atoms with Crippen LogP contribution in [0, 0.1) is 5.92 Å². The van der Waals surface area contributed by atoms with Crippen LogP contribution in [0.3, 0.4) is 0 Å². The number of benzene rings is 2. The highest BCUT2D eigenvalue weighted by Gasteiger charge is 2.29. The molecule has 0 radical (unpaired) electrons. The smallest absolute Gasteiger partial charge is 0.319 e. The third-order valence-corrected chi connectivity index (χ3v) is 7.06. The number of anilines is 1. The van der Waals surface area contributed by atoms with Crippen molar-refractivity contribution in [3.8, 4) is 0 Å². The number of nitrogens with zero attached hydrogens (tertiary/aromatic N) is 1. The zero-order chi connectivity index (χ0) is 20.0. The molecule has 0 bridgehead atoms. The van der Waals surface area contributed by atoms with Crippen molar-refractivity contribution in [1.29, 1.82) is 0 Å². The van der Waals surface area contributed by atoms with Gasteiger partial charge in [-0.25, -0.2) is 13.2 Å². The van der Waals surface area contributed by atoms with Crippen molar-refractivity contribution >= 4 is 33.3 Å². The quantitative estimate of drug-likeness (QED) is 0.741. The number of carbonyl (C=O) groups is 1. The number of hydrogen-bond acceptors (Lipinski definition) is 3. The highest BCUT2D eigenvalue weighted by molar-refractivity contribution is 7.89. The van der Waals surface area contributed by atoms with E-state index >= 15 is 0 Å². The van der Waals surface area contributed by atoms with Gasteiger partial charge in [-0.15, -0.1) is 0 Å². The Morgan fingerprint density at radius 1 is 1.04 bits per heavy atom. The number of amides is 2. The fourth-order valence-electron chi connectivity index (χ4n) is 3.28. The molecule has 2 N–H and O–H groups in total. The first kappa shape index (κ1) is 20.6. The van der Waals surface area contributed by atoms with Crippen LogP contribution in [0.2, 0.25) is 5.02 Å². The summed E-state index contributed by atoms with van der Waals surface area (Å²) in [5, 5.41) is 6.22. The molecule has 150 valence electrons. The Hall–Kier alpha value is -2.09. The van der Waals surface area contributed by atoms with Crippen molar-refractivity contribution in [3.05, 3.63) is 59.6 Å². The van der Waals surface area contributed by atoms with E-state index in [2.05, 4.69) is 10.6 Å². The molecule has 0 aromatic heterocycles. The molecule has 3 rings (SSSR count). The summed E-state index contributed by atoms with van der Waals surface area (Å²) in [5.74, 6) is 0.401. The van der Waals surface area contributed by atoms with Crippen LogP contribution in [0.5, 0.6) is 0 Å². The lowest BCUT2D eigenvalue weighted by Crippen LogP contribution is -2.39. The number of rotatable bonds is 6. The van der Waals surface area contributed by atoms with Crippen LogP contribution < -0.4 is 10.6 Å². The Bertz CT molecular complexity index is 881. The van der Waals surface area contributed by atoms with Gasteiger partial charge in [0.15, 0.2) is 0 Å². The lowest BCUT2D eigenvalue weighted by molar-refractivity contribution is 0.245. The molecule has 2 aromatic rings. The van der Waals surface area contributed by atoms with Gasteiger partial charge in [-0.2, -0.15) is 4.31 Å². The highest BCUT2D eigenvalue weighted by atomic mass is 35.5. The Balaban J connectivity index is 1.40. The van der Waals surface area contributed by atoms with Gasteiger partial charge in [0.1, 0.15) is 0 Å². The van der Waals surface area contributed by atoms with E-state index in [0.29, 0.717) is 41.2 Å². The molecule has 6 nitrogen and oxygen atoms in total. The van der Waals surface area contributed by atoms with Gasteiger partial charge in [-0.1, -0.05) is 29.8 Å². The summed E-state index contributed by atoms with van der Waals surface area (Å²) < 4.78 is 26.8. The van der Waals surface area contributed by atoms with Gasteiger partial charge in [0.25, 0.3) is 0 Å². The Morgan fingerprint density at radius 2 is 1.68 bits per heavy atom. The number of urea groups is 1. The van der Waals surface area contributed by atoms with Gasteiger partial charge in [0.2, 0.25) is 10.0 Å². The second kappa shape index (κ2) is 9.41. The Kier molecular flexibility index (Phi) is 6.93. The van der Waals surface area contributed by atoms with E-state index in [1.165, 1.54) is 0 Å². The first-order valence-electron chi connectivity index (χ1n) is 9.31. The molecule has 2 aromatic carbocycles. The van der Waals surface area contributed by atoms with Gasteiger partial charge >= 0.3 is 6.03 Å². The first-order chi connectivity index (χ1) is 13.4. The van der Waals surface area contributed by atoms with E-state index in [4.69, 9.17) is 11.6 Å². The fraction of sp³-hybridized carbons (Fsp3) is 0.350. The molecule has 0 spiro atoms. The third-order valence-electron chi connectivity index (χ3n) is 4.89. The van der Waals surface area contributed by atoms with Crippen LogP contribution in [0.1, 0.15) is 19.3 Å². The normalized spacial score (nSPS) is 15.9. The molecule has 0 aliphatic carbocycles. The van der Waals surface area contributed by atoms with Gasteiger partial charge < -0.3 is 10.6 Å². The van der Waals surface area contributed by atoms with Gasteiger partial charge in [0.05, 0.1) is 4.90 Å². The van der Waals surface area contributed by atoms with Crippen molar-refractivity contribution in [2.75, 3.05) is 25.0 Å². The van der Waals surface area contributed by atoms with E-state index in [-0.39, 0.29) is 6.03 Å². The molecule has 2 amide bonds. The second-order valence-electron chi connectivity index (χ2n) is 6.84. The predicted octanol–water partition coefficient (Wildman–Crippen LogP) is 3.95. The predicted molar refractivity (Wildman–Crippen MR) is 111 cm³/mol. The molecule has 0 unspecified atom stereocenters. The average Bonchev–Trinajstić information content (AvgIpc) is 2.71. The Morgan fingerprint density at radius 3 is 2.32 bits per heavy atom. The number of nitrogens with one attached hydrogen (secondary N) is 2. The molecular formula is C20H24ClN3O3S. The Labute approximate surface area is 170 Å². The zero-order valence-corrected chi connectivity index (χ0v) is 17.0. The SMILES string of the molecule is O=C(NCCC1CCN(S(=O)(=O)c2ccccc2)CC1)Nc1ccc(Cl)cc1. The summed E-state index contributed by atoms with van der Waals surface area (Å²) in [4.78, 5) is 12.3. The molecule has 0 saturated carbocycles. The number of halogens is 1. The zero-order valence-electron chi connectivity index (χ0n) is 15.5. The van der Waals surface area contributed by atoms with E-state index in [9.17, 15) is 13.2 Å². The first-order valence-corrected chi connectivity index (χ1v) is 11.1. The van der Waals surface area contributed by atoms with E-state index < -0.39 is 10.0 Å². The minimum Gasteiger partial charge on any atom is -0.338 e. The standard InChI is InChI=1S/C20H24ClN3O3S/c21-17-6-8-18(9-7-17)23-20(25)22-13-10-16-11-14-24(15-12-16)28(26,27)19-4-2-1-3-5-19/h1-9,16H,10-15H2,(H2,22,23,25). The fourth-order valence-corrected chi connectivity index (χ4v) is 4.89. The van der Waals surface area contributed by atoms with E-state index in [1.54, 1.807) is 58.9 Å². The van der Waals surface area contributed by atoms with Crippen molar-refractivity contribution < 1.29 is 13.2 Å². The van der Waals surface area contributed by atoms with Crippen molar-refractivity contribution in [1.82, 2.24) is 9.62 Å². The molecule has 1 fully saturated rings. The average molecular weight is 422 g/mol. The monoisotopic (exact) mass is 421 g/mol. The highest BCUT2D eigenvalue weighted by Crippen LogP contribution is 2.25. The topological polar surface area (TPSA) is 78.5 Å². The largest absolute Gasteiger partial charge is 0.338 e. The summed E-state index contributed by atoms with van der Waals surface area (Å²) in [5.41, 5.74) is 0.682. The van der Waals surface area contributed by atoms with Crippen LogP contribution in [-0.4, -0.2) is 38.4 Å².